The van der Waals surface area contributed by atoms with Crippen LogP contribution in [0.1, 0.15) is 0 Å². The highest BCUT2D eigenvalue weighted by Gasteiger charge is 2.02. The van der Waals surface area contributed by atoms with Gasteiger partial charge in [-0.2, -0.15) is 0 Å². The van der Waals surface area contributed by atoms with Crippen LogP contribution in [0, 0.1) is 0 Å². The van der Waals surface area contributed by atoms with Crippen molar-refractivity contribution in [2.45, 2.75) is 0 Å². The SMILES string of the molecule is CN(CCO)CC(=O)NI. The molecule has 5 heteroatoms. The molecule has 60 valence electrons. The van der Waals surface area contributed by atoms with E-state index in [1.54, 1.807) is 34.8 Å². The van der Waals surface area contributed by atoms with Gasteiger partial charge in [0.25, 0.3) is 0 Å². The number of nitrogens with zero attached hydrogens (tertiary/aromatic N) is 1. The maximum absolute atomic E-state index is 10.7. The Morgan fingerprint density at radius 2 is 2.40 bits per heavy atom. The van der Waals surface area contributed by atoms with E-state index in [0.29, 0.717) is 13.1 Å². The number of nitrogens with one attached hydrogen (secondary N) is 1. The van der Waals surface area contributed by atoms with Crippen molar-refractivity contribution in [2.24, 2.45) is 0 Å². The van der Waals surface area contributed by atoms with E-state index >= 15 is 0 Å². The molecule has 0 fully saturated rings. The van der Waals surface area contributed by atoms with Crippen molar-refractivity contribution in [1.82, 2.24) is 8.43 Å². The molecular formula is C5H11IN2O2. The monoisotopic (exact) mass is 258 g/mol. The van der Waals surface area contributed by atoms with Crippen LogP contribution in [0.2, 0.25) is 0 Å². The molecule has 0 aromatic rings. The van der Waals surface area contributed by atoms with Crippen LogP contribution in [0.5, 0.6) is 0 Å². The van der Waals surface area contributed by atoms with Gasteiger partial charge in [0.15, 0.2) is 0 Å². The van der Waals surface area contributed by atoms with Crippen LogP contribution in [0.4, 0.5) is 0 Å². The third kappa shape index (κ3) is 4.95. The van der Waals surface area contributed by atoms with Gasteiger partial charge in [-0.15, -0.1) is 0 Å². The Hall–Kier alpha value is 0.120. The Labute approximate surface area is 74.1 Å². The molecule has 10 heavy (non-hydrogen) atoms. The minimum atomic E-state index is -0.0449. The first-order chi connectivity index (χ1) is 4.70. The van der Waals surface area contributed by atoms with Crippen molar-refractivity contribution < 1.29 is 9.90 Å². The Kier molecular flexibility index (Phi) is 5.94. The molecule has 0 saturated carbocycles. The lowest BCUT2D eigenvalue weighted by Crippen LogP contribution is -2.32. The number of aliphatic hydroxyl groups excluding tert-OH is 1. The van der Waals surface area contributed by atoms with Crippen molar-refractivity contribution in [3.63, 3.8) is 0 Å². The first-order valence-electron chi connectivity index (χ1n) is 2.89. The molecule has 0 radical (unpaired) electrons. The summed E-state index contributed by atoms with van der Waals surface area (Å²) in [5.74, 6) is -0.0449. The van der Waals surface area contributed by atoms with Gasteiger partial charge in [0, 0.05) is 6.54 Å². The van der Waals surface area contributed by atoms with Gasteiger partial charge >= 0.3 is 0 Å². The number of carbonyl (C=O) groups is 1. The predicted octanol–water partition coefficient (Wildman–Crippen LogP) is -0.623. The highest BCUT2D eigenvalue weighted by molar-refractivity contribution is 14.1. The molecule has 0 rings (SSSR count). The normalized spacial score (nSPS) is 10.0. The zero-order valence-electron chi connectivity index (χ0n) is 5.80. The second kappa shape index (κ2) is 5.87. The molecule has 0 aromatic carbocycles. The molecule has 0 bridgehead atoms. The molecule has 0 unspecified atom stereocenters. The molecule has 0 heterocycles. The zero-order chi connectivity index (χ0) is 7.98. The van der Waals surface area contributed by atoms with Crippen molar-refractivity contribution in [1.29, 1.82) is 0 Å². The topological polar surface area (TPSA) is 52.6 Å². The van der Waals surface area contributed by atoms with Gasteiger partial charge in [-0.05, 0) is 7.05 Å². The van der Waals surface area contributed by atoms with E-state index in [-0.39, 0.29) is 12.5 Å². The van der Waals surface area contributed by atoms with Crippen LogP contribution in [0.15, 0.2) is 0 Å². The van der Waals surface area contributed by atoms with E-state index in [1.807, 2.05) is 0 Å². The molecule has 0 saturated heterocycles. The van der Waals surface area contributed by atoms with E-state index in [4.69, 9.17) is 5.11 Å². The standard InChI is InChI=1S/C5H11IN2O2/c1-8(2-3-9)4-5(10)7-6/h9H,2-4H2,1H3,(H,7,10). The second-order valence-corrected chi connectivity index (χ2v) is 2.52. The number of halogens is 1. The van der Waals surface area contributed by atoms with Crippen molar-refractivity contribution in [3.8, 4) is 0 Å². The number of likely N-dealkylation sites (N-methyl/N-ethyl adjacent to an activating group) is 1. The van der Waals surface area contributed by atoms with E-state index in [2.05, 4.69) is 3.53 Å². The summed E-state index contributed by atoms with van der Waals surface area (Å²) in [4.78, 5) is 12.4. The van der Waals surface area contributed by atoms with E-state index in [0.717, 1.165) is 0 Å². The highest BCUT2D eigenvalue weighted by Crippen LogP contribution is 1.81. The van der Waals surface area contributed by atoms with Crippen LogP contribution in [-0.4, -0.2) is 42.7 Å². The lowest BCUT2D eigenvalue weighted by atomic mass is 10.5. The number of hydrogen-bond acceptors (Lipinski definition) is 3. The number of carbonyl (C=O) groups excluding carboxylic acids is 1. The van der Waals surface area contributed by atoms with Gasteiger partial charge in [-0.3, -0.25) is 13.2 Å². The fourth-order valence-corrected chi connectivity index (χ4v) is 0.695. The maximum Gasteiger partial charge on any atom is 0.242 e. The molecule has 0 aromatic heterocycles. The smallest absolute Gasteiger partial charge is 0.242 e. The van der Waals surface area contributed by atoms with E-state index in [1.165, 1.54) is 0 Å². The molecule has 0 aliphatic rings. The Morgan fingerprint density at radius 1 is 1.80 bits per heavy atom. The molecule has 0 aliphatic carbocycles. The third-order valence-electron chi connectivity index (χ3n) is 1.00. The summed E-state index contributed by atoms with van der Waals surface area (Å²) < 4.78 is 2.46. The average Bonchev–Trinajstić information content (AvgIpc) is 1.88. The number of amides is 1. The van der Waals surface area contributed by atoms with Crippen molar-refractivity contribution in [2.75, 3.05) is 26.7 Å². The van der Waals surface area contributed by atoms with Crippen molar-refractivity contribution in [3.05, 3.63) is 0 Å². The molecule has 0 aliphatic heterocycles. The van der Waals surface area contributed by atoms with Gasteiger partial charge in [-0.25, -0.2) is 0 Å². The Morgan fingerprint density at radius 3 is 2.80 bits per heavy atom. The summed E-state index contributed by atoms with van der Waals surface area (Å²) in [5, 5.41) is 8.45. The Bertz CT molecular complexity index is 110. The quantitative estimate of drug-likeness (QED) is 0.522. The van der Waals surface area contributed by atoms with E-state index < -0.39 is 0 Å². The molecule has 0 atom stereocenters. The summed E-state index contributed by atoms with van der Waals surface area (Å²) in [6, 6.07) is 0. The minimum Gasteiger partial charge on any atom is -0.395 e. The maximum atomic E-state index is 10.7. The van der Waals surface area contributed by atoms with Crippen LogP contribution in [0.3, 0.4) is 0 Å². The average molecular weight is 258 g/mol. The fraction of sp³-hybridized carbons (Fsp3) is 0.800. The van der Waals surface area contributed by atoms with Crippen LogP contribution < -0.4 is 3.53 Å². The summed E-state index contributed by atoms with van der Waals surface area (Å²) in [5.41, 5.74) is 0. The van der Waals surface area contributed by atoms with Gasteiger partial charge in [-0.1, -0.05) is 0 Å². The van der Waals surface area contributed by atoms with Crippen LogP contribution in [0.25, 0.3) is 0 Å². The summed E-state index contributed by atoms with van der Waals surface area (Å²) >= 11 is 1.79. The number of rotatable bonds is 4. The summed E-state index contributed by atoms with van der Waals surface area (Å²) in [7, 11) is 1.78. The Balaban J connectivity index is 3.37. The minimum absolute atomic E-state index is 0.0449. The fourth-order valence-electron chi connectivity index (χ4n) is 0.525. The van der Waals surface area contributed by atoms with Crippen LogP contribution in [-0.2, 0) is 4.79 Å². The van der Waals surface area contributed by atoms with Gasteiger partial charge in [0.2, 0.25) is 5.91 Å². The lowest BCUT2D eigenvalue weighted by Gasteiger charge is -2.12. The second-order valence-electron chi connectivity index (χ2n) is 1.98. The summed E-state index contributed by atoms with van der Waals surface area (Å²) in [6.07, 6.45) is 0. The van der Waals surface area contributed by atoms with Crippen molar-refractivity contribution >= 4 is 28.8 Å². The largest absolute Gasteiger partial charge is 0.395 e. The number of hydrogen-bond donors (Lipinski definition) is 2. The predicted molar refractivity (Wildman–Crippen MR) is 46.7 cm³/mol. The number of aliphatic hydroxyl groups is 1. The van der Waals surface area contributed by atoms with Gasteiger partial charge in [0.05, 0.1) is 36.0 Å². The van der Waals surface area contributed by atoms with Gasteiger partial charge < -0.3 is 5.11 Å². The molecule has 4 nitrogen and oxygen atoms in total. The van der Waals surface area contributed by atoms with Gasteiger partial charge in [0.1, 0.15) is 0 Å². The lowest BCUT2D eigenvalue weighted by molar-refractivity contribution is -0.119. The zero-order valence-corrected chi connectivity index (χ0v) is 7.96. The highest BCUT2D eigenvalue weighted by atomic mass is 127. The molecule has 2 N–H and O–H groups in total. The molecule has 1 amide bonds. The van der Waals surface area contributed by atoms with Crippen LogP contribution >= 0.6 is 22.9 Å². The summed E-state index contributed by atoms with van der Waals surface area (Å²) in [6.45, 7) is 0.957. The molecule has 0 spiro atoms. The third-order valence-corrected chi connectivity index (χ3v) is 1.60. The molecular weight excluding hydrogens is 247 g/mol. The first kappa shape index (κ1) is 10.1. The van der Waals surface area contributed by atoms with E-state index in [9.17, 15) is 4.79 Å². The first-order valence-corrected chi connectivity index (χ1v) is 3.97.